The predicted octanol–water partition coefficient (Wildman–Crippen LogP) is 5.22. The number of ether oxygens (including phenoxy) is 3. The smallest absolute Gasteiger partial charge is 0.192 e. The summed E-state index contributed by atoms with van der Waals surface area (Å²) in [5.74, 6) is 0. The molecule has 1 aromatic carbocycles. The lowest BCUT2D eigenvalue weighted by Crippen LogP contribution is -2.42. The van der Waals surface area contributed by atoms with Gasteiger partial charge >= 0.3 is 0 Å². The summed E-state index contributed by atoms with van der Waals surface area (Å²) in [6.45, 7) is 19.5. The minimum atomic E-state index is -1.80. The number of rotatable bonds is 10. The van der Waals surface area contributed by atoms with Crippen LogP contribution < -0.4 is 0 Å². The first-order valence-corrected chi connectivity index (χ1v) is 16.8. The van der Waals surface area contributed by atoms with Crippen LogP contribution in [0.3, 0.4) is 0 Å². The van der Waals surface area contributed by atoms with Crippen molar-refractivity contribution in [2.75, 3.05) is 20.5 Å². The summed E-state index contributed by atoms with van der Waals surface area (Å²) in [7, 11) is -1.86. The van der Waals surface area contributed by atoms with Crippen molar-refractivity contribution in [3.05, 3.63) is 35.4 Å². The zero-order chi connectivity index (χ0) is 21.9. The maximum absolute atomic E-state index is 6.40. The summed E-state index contributed by atoms with van der Waals surface area (Å²) < 4.78 is 28.3. The highest BCUT2D eigenvalue weighted by molar-refractivity contribution is 6.75. The van der Waals surface area contributed by atoms with Crippen LogP contribution in [0.1, 0.15) is 31.9 Å². The Hall–Kier alpha value is -0.836. The third-order valence-electron chi connectivity index (χ3n) is 5.47. The summed E-state index contributed by atoms with van der Waals surface area (Å²) in [5, 5.41) is 0.192. The van der Waals surface area contributed by atoms with Crippen LogP contribution in [0.25, 0.3) is 0 Å². The van der Waals surface area contributed by atoms with Gasteiger partial charge in [0.05, 0.1) is 18.9 Å². The molecular weight excluding hydrogens is 398 g/mol. The maximum Gasteiger partial charge on any atom is 0.192 e. The van der Waals surface area contributed by atoms with E-state index in [2.05, 4.69) is 71.7 Å². The van der Waals surface area contributed by atoms with Gasteiger partial charge in [0.2, 0.25) is 0 Å². The molecule has 2 rings (SSSR count). The van der Waals surface area contributed by atoms with E-state index in [-0.39, 0.29) is 24.0 Å². The van der Waals surface area contributed by atoms with Crippen LogP contribution in [0.2, 0.25) is 37.8 Å². The second kappa shape index (κ2) is 9.53. The minimum absolute atomic E-state index is 0.00457. The van der Waals surface area contributed by atoms with Crippen molar-refractivity contribution in [2.45, 2.75) is 77.4 Å². The molecule has 1 saturated heterocycles. The fourth-order valence-corrected chi connectivity index (χ4v) is 4.77. The first kappa shape index (κ1) is 24.4. The molecule has 2 atom stereocenters. The van der Waals surface area contributed by atoms with Gasteiger partial charge in [-0.15, -0.1) is 0 Å². The largest absolute Gasteiger partial charge is 0.414 e. The lowest BCUT2D eigenvalue weighted by molar-refractivity contribution is -0.0391. The summed E-state index contributed by atoms with van der Waals surface area (Å²) in [6, 6.07) is 8.30. The number of epoxide rings is 1. The molecule has 0 bridgehead atoms. The van der Waals surface area contributed by atoms with Gasteiger partial charge in [-0.25, -0.2) is 0 Å². The second-order valence-corrected chi connectivity index (χ2v) is 19.6. The Morgan fingerprint density at radius 2 is 1.76 bits per heavy atom. The molecule has 0 amide bonds. The van der Waals surface area contributed by atoms with Crippen molar-refractivity contribution in [3.8, 4) is 0 Å². The van der Waals surface area contributed by atoms with E-state index < -0.39 is 16.6 Å². The van der Waals surface area contributed by atoms with Gasteiger partial charge in [-0.1, -0.05) is 45.0 Å². The normalized spacial score (nSPS) is 20.8. The van der Waals surface area contributed by atoms with Gasteiger partial charge in [0, 0.05) is 12.7 Å². The first-order valence-electron chi connectivity index (χ1n) is 10.4. The summed E-state index contributed by atoms with van der Waals surface area (Å²) in [5.41, 5.74) is 3.27. The van der Waals surface area contributed by atoms with E-state index in [0.29, 0.717) is 13.2 Å². The molecule has 5 nitrogen and oxygen atoms in total. The highest BCUT2D eigenvalue weighted by Gasteiger charge is 2.47. The third-order valence-corrected chi connectivity index (χ3v) is 10.9. The van der Waals surface area contributed by atoms with E-state index in [0.717, 1.165) is 16.8 Å². The number of benzene rings is 1. The minimum Gasteiger partial charge on any atom is -0.414 e. The number of hydrogen-bond donors (Lipinski definition) is 0. The molecule has 1 aromatic rings. The molecule has 7 heteroatoms. The van der Waals surface area contributed by atoms with Gasteiger partial charge < -0.3 is 23.3 Å². The Morgan fingerprint density at radius 1 is 1.10 bits per heavy atom. The number of nitrogens with zero attached hydrogens (tertiary/aromatic N) is 1. The van der Waals surface area contributed by atoms with Crippen molar-refractivity contribution < 1.29 is 18.6 Å². The summed E-state index contributed by atoms with van der Waals surface area (Å²) in [4.78, 5) is 0. The zero-order valence-electron chi connectivity index (χ0n) is 19.7. The lowest BCUT2D eigenvalue weighted by atomic mass is 10.0. The zero-order valence-corrected chi connectivity index (χ0v) is 21.7. The number of methoxy groups -OCH3 is 1. The molecule has 1 aliphatic rings. The van der Waals surface area contributed by atoms with Crippen LogP contribution in [-0.4, -0.2) is 55.0 Å². The van der Waals surface area contributed by atoms with Gasteiger partial charge in [0.25, 0.3) is 0 Å². The van der Waals surface area contributed by atoms with E-state index in [4.69, 9.17) is 23.3 Å². The van der Waals surface area contributed by atoms with E-state index in [1.807, 2.05) is 6.07 Å². The van der Waals surface area contributed by atoms with Crippen molar-refractivity contribution in [2.24, 2.45) is 4.66 Å². The Morgan fingerprint density at radius 3 is 2.34 bits per heavy atom. The van der Waals surface area contributed by atoms with E-state index in [1.165, 1.54) is 0 Å². The average Bonchev–Trinajstić information content (AvgIpc) is 3.37. The van der Waals surface area contributed by atoms with Crippen LogP contribution in [0.4, 0.5) is 0 Å². The van der Waals surface area contributed by atoms with Gasteiger partial charge in [0.1, 0.15) is 19.0 Å². The van der Waals surface area contributed by atoms with Gasteiger partial charge in [-0.2, -0.15) is 0 Å². The summed E-state index contributed by atoms with van der Waals surface area (Å²) >= 11 is 0. The molecule has 1 aliphatic heterocycles. The Kier molecular flexibility index (Phi) is 8.03. The van der Waals surface area contributed by atoms with Crippen LogP contribution in [0.5, 0.6) is 0 Å². The fourth-order valence-electron chi connectivity index (χ4n) is 2.79. The van der Waals surface area contributed by atoms with Gasteiger partial charge in [-0.3, -0.25) is 0 Å². The fraction of sp³-hybridized carbons (Fsp3) is 0.682. The molecule has 0 aromatic heterocycles. The molecule has 1 heterocycles. The van der Waals surface area contributed by atoms with Crippen molar-refractivity contribution in [1.82, 2.24) is 0 Å². The highest BCUT2D eigenvalue weighted by atomic mass is 28.4. The summed E-state index contributed by atoms with van der Waals surface area (Å²) in [6.07, 6.45) is 0.0715. The Balaban J connectivity index is 2.19. The standard InChI is InChI=1S/C22H39NO4Si2/c1-22(2,3)29(8,9)26-15-19-21(27-19)20(23-28(5,6)7)18-13-11-10-12-17(18)14-25-16-24-4/h10-13,19,21H,14-16H2,1-9H3/b23-20-/t19-,21+/m0/s1. The molecule has 0 radical (unpaired) electrons. The lowest BCUT2D eigenvalue weighted by Gasteiger charge is -2.36. The Bertz CT molecular complexity index is 707. The first-order chi connectivity index (χ1) is 13.4. The van der Waals surface area contributed by atoms with E-state index in [9.17, 15) is 0 Å². The second-order valence-electron chi connectivity index (χ2n) is 10.2. The highest BCUT2D eigenvalue weighted by Crippen LogP contribution is 2.38. The van der Waals surface area contributed by atoms with E-state index in [1.54, 1.807) is 7.11 Å². The molecule has 1 fully saturated rings. The monoisotopic (exact) mass is 437 g/mol. The molecule has 29 heavy (non-hydrogen) atoms. The van der Waals surface area contributed by atoms with Crippen molar-refractivity contribution in [3.63, 3.8) is 0 Å². The number of hydrogen-bond acceptors (Lipinski definition) is 5. The van der Waals surface area contributed by atoms with Gasteiger partial charge in [-0.05, 0) is 43.3 Å². The third kappa shape index (κ3) is 7.12. The predicted molar refractivity (Wildman–Crippen MR) is 125 cm³/mol. The molecule has 0 N–H and O–H groups in total. The quantitative estimate of drug-likeness (QED) is 0.166. The molecular formula is C22H39NO4Si2. The van der Waals surface area contributed by atoms with Crippen LogP contribution in [0.15, 0.2) is 28.9 Å². The van der Waals surface area contributed by atoms with Crippen molar-refractivity contribution >= 4 is 22.3 Å². The average molecular weight is 438 g/mol. The SMILES string of the molecule is COCOCc1ccccc1/C(=N/[Si](C)(C)C)[C@@H]1O[C@H]1CO[Si](C)(C)C(C)(C)C. The van der Waals surface area contributed by atoms with Crippen molar-refractivity contribution in [1.29, 1.82) is 0 Å². The molecule has 164 valence electrons. The van der Waals surface area contributed by atoms with Crippen LogP contribution >= 0.6 is 0 Å². The molecule has 0 spiro atoms. The van der Waals surface area contributed by atoms with E-state index >= 15 is 0 Å². The maximum atomic E-state index is 6.40. The van der Waals surface area contributed by atoms with Crippen LogP contribution in [-0.2, 0) is 25.2 Å². The van der Waals surface area contributed by atoms with Gasteiger partial charge in [0.15, 0.2) is 16.6 Å². The molecule has 0 unspecified atom stereocenters. The van der Waals surface area contributed by atoms with Crippen LogP contribution in [0, 0.1) is 0 Å². The molecule has 0 saturated carbocycles. The molecule has 0 aliphatic carbocycles. The Labute approximate surface area is 179 Å². The topological polar surface area (TPSA) is 52.6 Å².